The van der Waals surface area contributed by atoms with E-state index in [-0.39, 0.29) is 0 Å². The first-order chi connectivity index (χ1) is 10.9. The number of ether oxygens (including phenoxy) is 1. The number of anilines is 1. The van der Waals surface area contributed by atoms with Crippen molar-refractivity contribution in [2.75, 3.05) is 18.4 Å². The number of amides is 1. The summed E-state index contributed by atoms with van der Waals surface area (Å²) in [6, 6.07) is 9.97. The van der Waals surface area contributed by atoms with Gasteiger partial charge in [0, 0.05) is 31.2 Å². The van der Waals surface area contributed by atoms with Gasteiger partial charge in [-0.2, -0.15) is 5.10 Å². The topological polar surface area (TPSA) is 68.2 Å². The molecule has 2 aromatic rings. The largest absolute Gasteiger partial charge is 0.444 e. The highest BCUT2D eigenvalue weighted by Gasteiger charge is 2.15. The Morgan fingerprint density at radius 2 is 2.00 bits per heavy atom. The summed E-state index contributed by atoms with van der Waals surface area (Å²) in [6.45, 7) is 7.35. The molecule has 0 saturated heterocycles. The van der Waals surface area contributed by atoms with Crippen LogP contribution in [0.2, 0.25) is 0 Å². The number of aromatic nitrogens is 2. The molecule has 6 heteroatoms. The molecule has 0 spiro atoms. The predicted molar refractivity (Wildman–Crippen MR) is 90.5 cm³/mol. The Kier molecular flexibility index (Phi) is 5.62. The first-order valence-corrected chi connectivity index (χ1v) is 7.70. The lowest BCUT2D eigenvalue weighted by Crippen LogP contribution is -2.35. The van der Waals surface area contributed by atoms with Crippen molar-refractivity contribution in [1.82, 2.24) is 15.1 Å². The van der Waals surface area contributed by atoms with Crippen LogP contribution in [0.3, 0.4) is 0 Å². The van der Waals surface area contributed by atoms with E-state index in [4.69, 9.17) is 4.74 Å². The van der Waals surface area contributed by atoms with Crippen LogP contribution < -0.4 is 10.6 Å². The van der Waals surface area contributed by atoms with Crippen molar-refractivity contribution < 1.29 is 9.53 Å². The SMILES string of the molecule is CC(C)(C)OC(=O)NCCNc1ccccc1Cn1cccn1. The van der Waals surface area contributed by atoms with E-state index in [1.165, 1.54) is 0 Å². The van der Waals surface area contributed by atoms with Crippen LogP contribution >= 0.6 is 0 Å². The van der Waals surface area contributed by atoms with E-state index < -0.39 is 11.7 Å². The van der Waals surface area contributed by atoms with E-state index in [2.05, 4.69) is 21.8 Å². The summed E-state index contributed by atoms with van der Waals surface area (Å²) in [4.78, 5) is 11.6. The summed E-state index contributed by atoms with van der Waals surface area (Å²) in [7, 11) is 0. The fourth-order valence-electron chi connectivity index (χ4n) is 2.08. The molecule has 0 bridgehead atoms. The second-order valence-electron chi connectivity index (χ2n) is 6.22. The number of rotatable bonds is 6. The first-order valence-electron chi connectivity index (χ1n) is 7.70. The molecule has 0 unspecified atom stereocenters. The molecule has 1 aromatic carbocycles. The van der Waals surface area contributed by atoms with Crippen LogP contribution in [0.4, 0.5) is 10.5 Å². The minimum Gasteiger partial charge on any atom is -0.444 e. The molecule has 6 nitrogen and oxygen atoms in total. The number of alkyl carbamates (subject to hydrolysis) is 1. The Labute approximate surface area is 136 Å². The molecule has 2 rings (SSSR count). The molecule has 0 aliphatic carbocycles. The Morgan fingerprint density at radius 3 is 2.70 bits per heavy atom. The molecule has 0 atom stereocenters. The van der Waals surface area contributed by atoms with Crippen LogP contribution in [0, 0.1) is 0 Å². The number of para-hydroxylation sites is 1. The molecular formula is C17H24N4O2. The molecule has 0 radical (unpaired) electrons. The lowest BCUT2D eigenvalue weighted by atomic mass is 10.2. The van der Waals surface area contributed by atoms with Crippen molar-refractivity contribution >= 4 is 11.8 Å². The number of nitrogens with zero attached hydrogens (tertiary/aromatic N) is 2. The highest BCUT2D eigenvalue weighted by atomic mass is 16.6. The number of carbonyl (C=O) groups excluding carboxylic acids is 1. The smallest absolute Gasteiger partial charge is 0.407 e. The molecule has 2 N–H and O–H groups in total. The Balaban J connectivity index is 1.81. The molecular weight excluding hydrogens is 292 g/mol. The average molecular weight is 316 g/mol. The maximum atomic E-state index is 11.6. The van der Waals surface area contributed by atoms with Crippen LogP contribution in [0.5, 0.6) is 0 Å². The fraction of sp³-hybridized carbons (Fsp3) is 0.412. The maximum Gasteiger partial charge on any atom is 0.407 e. The summed E-state index contributed by atoms with van der Waals surface area (Å²) in [6.07, 6.45) is 3.30. The van der Waals surface area contributed by atoms with Gasteiger partial charge >= 0.3 is 6.09 Å². The molecule has 1 amide bonds. The molecule has 0 saturated carbocycles. The van der Waals surface area contributed by atoms with E-state index in [1.54, 1.807) is 6.20 Å². The summed E-state index contributed by atoms with van der Waals surface area (Å²) >= 11 is 0. The van der Waals surface area contributed by atoms with Crippen molar-refractivity contribution in [3.8, 4) is 0 Å². The van der Waals surface area contributed by atoms with Gasteiger partial charge in [0.05, 0.1) is 6.54 Å². The third-order valence-corrected chi connectivity index (χ3v) is 3.02. The van der Waals surface area contributed by atoms with Crippen LogP contribution in [0.15, 0.2) is 42.7 Å². The number of nitrogens with one attached hydrogen (secondary N) is 2. The van der Waals surface area contributed by atoms with Gasteiger partial charge in [0.15, 0.2) is 0 Å². The Hall–Kier alpha value is -2.50. The van der Waals surface area contributed by atoms with Gasteiger partial charge in [-0.1, -0.05) is 18.2 Å². The summed E-state index contributed by atoms with van der Waals surface area (Å²) in [5.41, 5.74) is 1.70. The number of benzene rings is 1. The standard InChI is InChI=1S/C17H24N4O2/c1-17(2,3)23-16(22)19-11-10-18-15-8-5-4-7-14(15)13-21-12-6-9-20-21/h4-9,12,18H,10-11,13H2,1-3H3,(H,19,22). The zero-order valence-electron chi connectivity index (χ0n) is 13.9. The van der Waals surface area contributed by atoms with E-state index in [9.17, 15) is 4.79 Å². The van der Waals surface area contributed by atoms with Crippen LogP contribution in [-0.4, -0.2) is 34.6 Å². The van der Waals surface area contributed by atoms with Gasteiger partial charge in [0.1, 0.15) is 5.60 Å². The summed E-state index contributed by atoms with van der Waals surface area (Å²) in [5, 5.41) is 10.3. The Morgan fingerprint density at radius 1 is 1.22 bits per heavy atom. The molecule has 124 valence electrons. The van der Waals surface area contributed by atoms with Crippen molar-refractivity contribution in [2.24, 2.45) is 0 Å². The second kappa shape index (κ2) is 7.67. The molecule has 0 aliphatic heterocycles. The zero-order valence-corrected chi connectivity index (χ0v) is 13.9. The van der Waals surface area contributed by atoms with Crippen molar-refractivity contribution in [2.45, 2.75) is 32.9 Å². The third kappa shape index (κ3) is 6.02. The van der Waals surface area contributed by atoms with Crippen LogP contribution in [-0.2, 0) is 11.3 Å². The fourth-order valence-corrected chi connectivity index (χ4v) is 2.08. The monoisotopic (exact) mass is 316 g/mol. The number of hydrogen-bond donors (Lipinski definition) is 2. The average Bonchev–Trinajstić information content (AvgIpc) is 2.96. The number of carbonyl (C=O) groups is 1. The zero-order chi connectivity index (χ0) is 16.7. The lowest BCUT2D eigenvalue weighted by Gasteiger charge is -2.20. The second-order valence-corrected chi connectivity index (χ2v) is 6.22. The molecule has 0 fully saturated rings. The summed E-state index contributed by atoms with van der Waals surface area (Å²) in [5.74, 6) is 0. The molecule has 1 heterocycles. The van der Waals surface area contributed by atoms with Crippen molar-refractivity contribution in [3.05, 3.63) is 48.3 Å². The van der Waals surface area contributed by atoms with Gasteiger partial charge in [-0.05, 0) is 38.5 Å². The Bertz CT molecular complexity index is 618. The van der Waals surface area contributed by atoms with Crippen LogP contribution in [0.25, 0.3) is 0 Å². The first kappa shape index (κ1) is 16.9. The van der Waals surface area contributed by atoms with Gasteiger partial charge in [-0.3, -0.25) is 4.68 Å². The van der Waals surface area contributed by atoms with Crippen LogP contribution in [0.1, 0.15) is 26.3 Å². The van der Waals surface area contributed by atoms with E-state index in [0.29, 0.717) is 19.6 Å². The summed E-state index contributed by atoms with van der Waals surface area (Å²) < 4.78 is 7.07. The minimum absolute atomic E-state index is 0.399. The molecule has 23 heavy (non-hydrogen) atoms. The van der Waals surface area contributed by atoms with Gasteiger partial charge in [-0.25, -0.2) is 4.79 Å². The van der Waals surface area contributed by atoms with Gasteiger partial charge in [0.2, 0.25) is 0 Å². The highest BCUT2D eigenvalue weighted by molar-refractivity contribution is 5.67. The van der Waals surface area contributed by atoms with Gasteiger partial charge in [0.25, 0.3) is 0 Å². The highest BCUT2D eigenvalue weighted by Crippen LogP contribution is 2.15. The minimum atomic E-state index is -0.478. The quantitative estimate of drug-likeness (QED) is 0.804. The normalized spacial score (nSPS) is 11.1. The third-order valence-electron chi connectivity index (χ3n) is 3.02. The predicted octanol–water partition coefficient (Wildman–Crippen LogP) is 2.87. The van der Waals surface area contributed by atoms with E-state index >= 15 is 0 Å². The van der Waals surface area contributed by atoms with Crippen molar-refractivity contribution in [1.29, 1.82) is 0 Å². The lowest BCUT2D eigenvalue weighted by molar-refractivity contribution is 0.0530. The maximum absolute atomic E-state index is 11.6. The van der Waals surface area contributed by atoms with E-state index in [0.717, 1.165) is 11.3 Å². The van der Waals surface area contributed by atoms with Crippen molar-refractivity contribution in [3.63, 3.8) is 0 Å². The van der Waals surface area contributed by atoms with Gasteiger partial charge < -0.3 is 15.4 Å². The molecule has 1 aromatic heterocycles. The number of hydrogen-bond acceptors (Lipinski definition) is 4. The van der Waals surface area contributed by atoms with E-state index in [1.807, 2.05) is 55.9 Å². The molecule has 0 aliphatic rings. The van der Waals surface area contributed by atoms with Gasteiger partial charge in [-0.15, -0.1) is 0 Å².